The third kappa shape index (κ3) is 2.23. The molecule has 6 heteroatoms. The predicted molar refractivity (Wildman–Crippen MR) is 72.2 cm³/mol. The monoisotopic (exact) mass is 262 g/mol. The van der Waals surface area contributed by atoms with E-state index >= 15 is 0 Å². The molecule has 0 amide bonds. The summed E-state index contributed by atoms with van der Waals surface area (Å²) in [7, 11) is 0. The molecule has 0 aromatic carbocycles. The van der Waals surface area contributed by atoms with Crippen LogP contribution in [0.5, 0.6) is 0 Å². The van der Waals surface area contributed by atoms with Gasteiger partial charge in [-0.2, -0.15) is 0 Å². The van der Waals surface area contributed by atoms with Gasteiger partial charge in [-0.1, -0.05) is 0 Å². The van der Waals surface area contributed by atoms with E-state index < -0.39 is 5.97 Å². The van der Waals surface area contributed by atoms with Crippen molar-refractivity contribution in [3.8, 4) is 0 Å². The number of carboxylic acids is 1. The minimum absolute atomic E-state index is 0.110. The van der Waals surface area contributed by atoms with E-state index in [-0.39, 0.29) is 11.3 Å². The van der Waals surface area contributed by atoms with Crippen molar-refractivity contribution in [3.63, 3.8) is 0 Å². The van der Waals surface area contributed by atoms with Gasteiger partial charge in [-0.3, -0.25) is 0 Å². The van der Waals surface area contributed by atoms with Crippen LogP contribution in [-0.4, -0.2) is 46.6 Å². The average molecular weight is 262 g/mol. The number of hydrogen-bond donors (Lipinski definition) is 3. The van der Waals surface area contributed by atoms with Crippen molar-refractivity contribution in [2.24, 2.45) is 5.92 Å². The third-order valence-corrected chi connectivity index (χ3v) is 4.20. The number of carboxylic acid groups (broad SMARTS) is 1. The van der Waals surface area contributed by atoms with Crippen molar-refractivity contribution in [1.82, 2.24) is 9.88 Å². The Morgan fingerprint density at radius 2 is 2.21 bits per heavy atom. The number of aromatic carboxylic acids is 1. The number of anilines is 2. The Labute approximate surface area is 111 Å². The summed E-state index contributed by atoms with van der Waals surface area (Å²) in [6.07, 6.45) is 3.87. The first kappa shape index (κ1) is 12.2. The summed E-state index contributed by atoms with van der Waals surface area (Å²) >= 11 is 0. The van der Waals surface area contributed by atoms with Crippen molar-refractivity contribution in [3.05, 3.63) is 17.8 Å². The standard InChI is InChI=1S/C13H18N4O2/c14-11-9(13(18)19)1-4-15-12(11)16-10-7-17-5-2-8(10)3-6-17/h1,4,8,10H,2-3,5-7,14H2,(H,15,16)(H,18,19). The Kier molecular flexibility index (Phi) is 3.02. The Morgan fingerprint density at radius 3 is 2.79 bits per heavy atom. The SMILES string of the molecule is Nc1c(C(=O)O)ccnc1NC1CN2CCC1CC2. The highest BCUT2D eigenvalue weighted by Crippen LogP contribution is 2.31. The lowest BCUT2D eigenvalue weighted by Gasteiger charge is -2.45. The van der Waals surface area contributed by atoms with Crippen molar-refractivity contribution in [1.29, 1.82) is 0 Å². The lowest BCUT2D eigenvalue weighted by molar-refractivity contribution is 0.0698. The van der Waals surface area contributed by atoms with Gasteiger partial charge < -0.3 is 21.1 Å². The minimum Gasteiger partial charge on any atom is -0.478 e. The summed E-state index contributed by atoms with van der Waals surface area (Å²) in [5.74, 6) is 0.121. The molecule has 19 heavy (non-hydrogen) atoms. The molecule has 4 N–H and O–H groups in total. The average Bonchev–Trinajstić information content (AvgIpc) is 2.42. The summed E-state index contributed by atoms with van der Waals surface area (Å²) in [6.45, 7) is 3.32. The summed E-state index contributed by atoms with van der Waals surface area (Å²) < 4.78 is 0. The molecule has 3 aliphatic rings. The van der Waals surface area contributed by atoms with Gasteiger partial charge >= 0.3 is 5.97 Å². The van der Waals surface area contributed by atoms with Crippen LogP contribution >= 0.6 is 0 Å². The number of piperidine rings is 3. The second-order valence-corrected chi connectivity index (χ2v) is 5.31. The molecule has 3 saturated heterocycles. The van der Waals surface area contributed by atoms with Crippen LogP contribution in [0.15, 0.2) is 12.3 Å². The lowest BCUT2D eigenvalue weighted by atomic mass is 9.84. The lowest BCUT2D eigenvalue weighted by Crippen LogP contribution is -2.53. The number of fused-ring (bicyclic) bond motifs is 3. The van der Waals surface area contributed by atoms with Gasteiger partial charge in [0.2, 0.25) is 0 Å². The maximum absolute atomic E-state index is 11.0. The first-order chi connectivity index (χ1) is 9.15. The van der Waals surface area contributed by atoms with Crippen LogP contribution in [0.25, 0.3) is 0 Å². The maximum Gasteiger partial charge on any atom is 0.337 e. The number of hydrogen-bond acceptors (Lipinski definition) is 5. The highest BCUT2D eigenvalue weighted by atomic mass is 16.4. The van der Waals surface area contributed by atoms with Gasteiger partial charge in [0.25, 0.3) is 0 Å². The van der Waals surface area contributed by atoms with Crippen molar-refractivity contribution in [2.75, 3.05) is 30.7 Å². The molecule has 4 rings (SSSR count). The smallest absolute Gasteiger partial charge is 0.337 e. The van der Waals surface area contributed by atoms with E-state index in [4.69, 9.17) is 10.8 Å². The molecular formula is C13H18N4O2. The normalized spacial score (nSPS) is 29.2. The topological polar surface area (TPSA) is 91.5 Å². The van der Waals surface area contributed by atoms with Crippen molar-refractivity contribution < 1.29 is 9.90 Å². The largest absolute Gasteiger partial charge is 0.478 e. The molecule has 1 atom stereocenters. The molecule has 6 nitrogen and oxygen atoms in total. The van der Waals surface area contributed by atoms with Gasteiger partial charge in [0.15, 0.2) is 0 Å². The van der Waals surface area contributed by atoms with Crippen LogP contribution in [0.4, 0.5) is 11.5 Å². The van der Waals surface area contributed by atoms with Gasteiger partial charge in [-0.15, -0.1) is 0 Å². The van der Waals surface area contributed by atoms with Gasteiger partial charge in [0, 0.05) is 18.8 Å². The summed E-state index contributed by atoms with van der Waals surface area (Å²) in [4.78, 5) is 17.7. The zero-order valence-corrected chi connectivity index (χ0v) is 10.7. The van der Waals surface area contributed by atoms with Crippen molar-refractivity contribution >= 4 is 17.5 Å². The maximum atomic E-state index is 11.0. The molecule has 0 spiro atoms. The molecule has 3 aliphatic heterocycles. The van der Waals surface area contributed by atoms with Gasteiger partial charge in [0.1, 0.15) is 5.82 Å². The van der Waals surface area contributed by atoms with E-state index in [1.165, 1.54) is 38.2 Å². The zero-order chi connectivity index (χ0) is 13.4. The van der Waals surface area contributed by atoms with E-state index in [1.54, 1.807) is 0 Å². The molecular weight excluding hydrogens is 244 g/mol. The number of aromatic nitrogens is 1. The van der Waals surface area contributed by atoms with Crippen LogP contribution in [0, 0.1) is 5.92 Å². The number of nitrogen functional groups attached to an aromatic ring is 1. The molecule has 102 valence electrons. The first-order valence-corrected chi connectivity index (χ1v) is 6.62. The number of pyridine rings is 1. The van der Waals surface area contributed by atoms with Gasteiger partial charge in [0.05, 0.1) is 11.3 Å². The van der Waals surface area contributed by atoms with Gasteiger partial charge in [-0.05, 0) is 37.9 Å². The van der Waals surface area contributed by atoms with Crippen LogP contribution in [0.2, 0.25) is 0 Å². The molecule has 4 heterocycles. The number of nitrogens with one attached hydrogen (secondary N) is 1. The van der Waals surface area contributed by atoms with Crippen LogP contribution in [0.1, 0.15) is 23.2 Å². The number of rotatable bonds is 3. The fraction of sp³-hybridized carbons (Fsp3) is 0.538. The number of carbonyl (C=O) groups is 1. The Balaban J connectivity index is 1.80. The molecule has 3 fully saturated rings. The highest BCUT2D eigenvalue weighted by molar-refractivity contribution is 5.96. The molecule has 0 saturated carbocycles. The molecule has 2 bridgehead atoms. The number of nitrogens with zero attached hydrogens (tertiary/aromatic N) is 2. The molecule has 1 aromatic heterocycles. The number of nitrogens with two attached hydrogens (primary N) is 1. The van der Waals surface area contributed by atoms with Crippen LogP contribution in [-0.2, 0) is 0 Å². The Hall–Kier alpha value is -1.82. The molecule has 0 radical (unpaired) electrons. The second-order valence-electron chi connectivity index (χ2n) is 5.31. The van der Waals surface area contributed by atoms with E-state index in [9.17, 15) is 4.79 Å². The van der Waals surface area contributed by atoms with E-state index in [1.807, 2.05) is 0 Å². The van der Waals surface area contributed by atoms with E-state index in [2.05, 4.69) is 15.2 Å². The Bertz CT molecular complexity index is 497. The highest BCUT2D eigenvalue weighted by Gasteiger charge is 2.34. The van der Waals surface area contributed by atoms with E-state index in [0.29, 0.717) is 17.8 Å². The summed E-state index contributed by atoms with van der Waals surface area (Å²) in [6, 6.07) is 1.75. The summed E-state index contributed by atoms with van der Waals surface area (Å²) in [5, 5.41) is 12.4. The third-order valence-electron chi connectivity index (χ3n) is 4.20. The summed E-state index contributed by atoms with van der Waals surface area (Å²) in [5.41, 5.74) is 6.22. The molecule has 1 unspecified atom stereocenters. The second kappa shape index (κ2) is 4.70. The fourth-order valence-corrected chi connectivity index (χ4v) is 3.08. The molecule has 0 aliphatic carbocycles. The quantitative estimate of drug-likeness (QED) is 0.748. The zero-order valence-electron chi connectivity index (χ0n) is 10.7. The molecule has 1 aromatic rings. The van der Waals surface area contributed by atoms with Gasteiger partial charge in [-0.25, -0.2) is 9.78 Å². The predicted octanol–water partition coefficient (Wildman–Crippen LogP) is 0.868. The Morgan fingerprint density at radius 1 is 1.47 bits per heavy atom. The minimum atomic E-state index is -1.02. The van der Waals surface area contributed by atoms with E-state index in [0.717, 1.165) is 6.54 Å². The van der Waals surface area contributed by atoms with Crippen molar-refractivity contribution in [2.45, 2.75) is 18.9 Å². The van der Waals surface area contributed by atoms with Crippen LogP contribution < -0.4 is 11.1 Å². The fourth-order valence-electron chi connectivity index (χ4n) is 3.08. The first-order valence-electron chi connectivity index (χ1n) is 6.62. The van der Waals surface area contributed by atoms with Crippen LogP contribution in [0.3, 0.4) is 0 Å².